The minimum Gasteiger partial charge on any atom is -0.374 e. The Hall–Kier alpha value is -0.970. The van der Waals surface area contributed by atoms with Gasteiger partial charge in [0, 0.05) is 13.1 Å². The summed E-state index contributed by atoms with van der Waals surface area (Å²) in [6.45, 7) is 8.85. The van der Waals surface area contributed by atoms with Crippen molar-refractivity contribution in [3.8, 4) is 0 Å². The Morgan fingerprint density at radius 2 is 2.00 bits per heavy atom. The van der Waals surface area contributed by atoms with Gasteiger partial charge < -0.3 is 15.0 Å². The fraction of sp³-hybridized carbons (Fsp3) is 0.688. The van der Waals surface area contributed by atoms with Crippen LogP contribution in [-0.4, -0.2) is 42.7 Å². The van der Waals surface area contributed by atoms with Gasteiger partial charge in [-0.3, -0.25) is 4.98 Å². The van der Waals surface area contributed by atoms with E-state index in [0.717, 1.165) is 37.6 Å². The molecule has 0 spiro atoms. The first-order valence-corrected chi connectivity index (χ1v) is 7.84. The van der Waals surface area contributed by atoms with Crippen LogP contribution in [0.5, 0.6) is 0 Å². The number of nitrogens with zero attached hydrogens (tertiary/aromatic N) is 2. The second kappa shape index (κ2) is 9.06. The third-order valence-corrected chi connectivity index (χ3v) is 3.67. The Morgan fingerprint density at radius 3 is 2.80 bits per heavy atom. The number of hydrogen-bond acceptors (Lipinski definition) is 4. The van der Waals surface area contributed by atoms with E-state index in [9.17, 15) is 0 Å². The number of likely N-dealkylation sites (tertiary alicyclic amines) is 1. The molecule has 2 heterocycles. The first-order chi connectivity index (χ1) is 9.88. The van der Waals surface area contributed by atoms with Crippen molar-refractivity contribution in [1.82, 2.24) is 15.2 Å². The minimum absolute atomic E-state index is 0.619. The molecule has 0 saturated carbocycles. The number of piperidine rings is 1. The topological polar surface area (TPSA) is 37.4 Å². The Bertz CT molecular complexity index is 378. The van der Waals surface area contributed by atoms with Crippen LogP contribution in [-0.2, 0) is 17.9 Å². The first-order valence-electron chi connectivity index (χ1n) is 7.84. The van der Waals surface area contributed by atoms with E-state index >= 15 is 0 Å². The molecule has 2 rings (SSSR count). The van der Waals surface area contributed by atoms with Crippen LogP contribution in [0.25, 0.3) is 0 Å². The molecule has 0 unspecified atom stereocenters. The van der Waals surface area contributed by atoms with Gasteiger partial charge in [-0.05, 0) is 44.6 Å². The number of hydrogen-bond donors (Lipinski definition) is 1. The van der Waals surface area contributed by atoms with Crippen molar-refractivity contribution in [2.75, 3.05) is 32.8 Å². The van der Waals surface area contributed by atoms with Crippen LogP contribution in [0.3, 0.4) is 0 Å². The summed E-state index contributed by atoms with van der Waals surface area (Å²) in [7, 11) is 0. The third-order valence-electron chi connectivity index (χ3n) is 3.67. The largest absolute Gasteiger partial charge is 0.374 e. The van der Waals surface area contributed by atoms with Gasteiger partial charge in [-0.1, -0.05) is 19.4 Å². The maximum atomic E-state index is 5.76. The molecule has 1 aromatic rings. The lowest BCUT2D eigenvalue weighted by molar-refractivity contribution is 0.0844. The summed E-state index contributed by atoms with van der Waals surface area (Å²) >= 11 is 0. The maximum absolute atomic E-state index is 5.76. The Labute approximate surface area is 122 Å². The van der Waals surface area contributed by atoms with E-state index in [2.05, 4.69) is 34.3 Å². The Morgan fingerprint density at radius 1 is 1.20 bits per heavy atom. The first kappa shape index (κ1) is 15.4. The van der Waals surface area contributed by atoms with E-state index < -0.39 is 0 Å². The molecular formula is C16H27N3O. The van der Waals surface area contributed by atoms with E-state index in [4.69, 9.17) is 4.74 Å². The number of pyridine rings is 1. The van der Waals surface area contributed by atoms with Crippen LogP contribution in [0, 0.1) is 0 Å². The van der Waals surface area contributed by atoms with Gasteiger partial charge >= 0.3 is 0 Å². The highest BCUT2D eigenvalue weighted by Crippen LogP contribution is 2.08. The molecule has 1 fully saturated rings. The van der Waals surface area contributed by atoms with Gasteiger partial charge in [0.1, 0.15) is 0 Å². The predicted octanol–water partition coefficient (Wildman–Crippen LogP) is 2.19. The van der Waals surface area contributed by atoms with Gasteiger partial charge in [0.2, 0.25) is 0 Å². The van der Waals surface area contributed by atoms with E-state index in [-0.39, 0.29) is 0 Å². The molecule has 0 atom stereocenters. The molecule has 1 aliphatic rings. The molecule has 4 nitrogen and oxygen atoms in total. The minimum atomic E-state index is 0.619. The summed E-state index contributed by atoms with van der Waals surface area (Å²) in [5.41, 5.74) is 2.11. The fourth-order valence-electron chi connectivity index (χ4n) is 2.51. The summed E-state index contributed by atoms with van der Waals surface area (Å²) in [5.74, 6) is 0. The van der Waals surface area contributed by atoms with E-state index in [1.54, 1.807) is 0 Å². The molecular weight excluding hydrogens is 250 g/mol. The van der Waals surface area contributed by atoms with Crippen LogP contribution in [0.1, 0.15) is 37.6 Å². The van der Waals surface area contributed by atoms with Crippen molar-refractivity contribution in [2.45, 2.75) is 39.3 Å². The highest BCUT2D eigenvalue weighted by atomic mass is 16.5. The summed E-state index contributed by atoms with van der Waals surface area (Å²) < 4.78 is 5.76. The zero-order valence-electron chi connectivity index (χ0n) is 12.6. The molecule has 1 N–H and O–H groups in total. The zero-order chi connectivity index (χ0) is 14.0. The van der Waals surface area contributed by atoms with E-state index in [1.165, 1.54) is 32.4 Å². The average molecular weight is 277 g/mol. The van der Waals surface area contributed by atoms with Crippen molar-refractivity contribution in [3.05, 3.63) is 29.6 Å². The van der Waals surface area contributed by atoms with Crippen LogP contribution in [0.15, 0.2) is 18.2 Å². The lowest BCUT2D eigenvalue weighted by Crippen LogP contribution is -2.32. The third kappa shape index (κ3) is 5.57. The summed E-state index contributed by atoms with van der Waals surface area (Å²) in [6.07, 6.45) is 4.07. The number of ether oxygens (including phenoxy) is 1. The standard InChI is InChI=1S/C16H27N3O/c1-2-17-13-15-7-6-8-16(18-15)14-20-12-11-19-9-4-3-5-10-19/h6-8,17H,2-5,9-14H2,1H3. The Balaban J connectivity index is 1.65. The summed E-state index contributed by atoms with van der Waals surface area (Å²) in [5, 5.41) is 3.29. The van der Waals surface area contributed by atoms with E-state index in [1.807, 2.05) is 6.07 Å². The van der Waals surface area contributed by atoms with Crippen molar-refractivity contribution in [1.29, 1.82) is 0 Å². The van der Waals surface area contributed by atoms with Gasteiger partial charge in [0.05, 0.1) is 24.6 Å². The van der Waals surface area contributed by atoms with Gasteiger partial charge in [0.15, 0.2) is 0 Å². The molecule has 1 aromatic heterocycles. The second-order valence-corrected chi connectivity index (χ2v) is 5.36. The monoisotopic (exact) mass is 277 g/mol. The van der Waals surface area contributed by atoms with Crippen LogP contribution >= 0.6 is 0 Å². The van der Waals surface area contributed by atoms with Crippen molar-refractivity contribution >= 4 is 0 Å². The van der Waals surface area contributed by atoms with Crippen LogP contribution in [0.2, 0.25) is 0 Å². The molecule has 1 saturated heterocycles. The normalized spacial score (nSPS) is 16.4. The number of aromatic nitrogens is 1. The molecule has 0 radical (unpaired) electrons. The predicted molar refractivity (Wildman–Crippen MR) is 81.6 cm³/mol. The van der Waals surface area contributed by atoms with Gasteiger partial charge in [-0.2, -0.15) is 0 Å². The molecule has 1 aliphatic heterocycles. The summed E-state index contributed by atoms with van der Waals surface area (Å²) in [4.78, 5) is 7.09. The second-order valence-electron chi connectivity index (χ2n) is 5.36. The number of rotatable bonds is 8. The van der Waals surface area contributed by atoms with Crippen molar-refractivity contribution in [2.24, 2.45) is 0 Å². The molecule has 112 valence electrons. The molecule has 0 aliphatic carbocycles. The van der Waals surface area contributed by atoms with E-state index in [0.29, 0.717) is 6.61 Å². The lowest BCUT2D eigenvalue weighted by Gasteiger charge is -2.26. The fourth-order valence-corrected chi connectivity index (χ4v) is 2.51. The highest BCUT2D eigenvalue weighted by molar-refractivity contribution is 5.10. The summed E-state index contributed by atoms with van der Waals surface area (Å²) in [6, 6.07) is 6.15. The Kier molecular flexibility index (Phi) is 6.98. The van der Waals surface area contributed by atoms with Gasteiger partial charge in [-0.15, -0.1) is 0 Å². The lowest BCUT2D eigenvalue weighted by atomic mass is 10.1. The highest BCUT2D eigenvalue weighted by Gasteiger charge is 2.09. The molecule has 4 heteroatoms. The van der Waals surface area contributed by atoms with Crippen LogP contribution in [0.4, 0.5) is 0 Å². The maximum Gasteiger partial charge on any atom is 0.0888 e. The molecule has 20 heavy (non-hydrogen) atoms. The van der Waals surface area contributed by atoms with Crippen molar-refractivity contribution < 1.29 is 4.74 Å². The smallest absolute Gasteiger partial charge is 0.0888 e. The SMILES string of the molecule is CCNCc1cccc(COCCN2CCCCC2)n1. The zero-order valence-corrected chi connectivity index (χ0v) is 12.6. The average Bonchev–Trinajstić information content (AvgIpc) is 2.51. The molecule has 0 amide bonds. The quantitative estimate of drug-likeness (QED) is 0.739. The number of nitrogens with one attached hydrogen (secondary N) is 1. The molecule has 0 bridgehead atoms. The van der Waals surface area contributed by atoms with Gasteiger partial charge in [0.25, 0.3) is 0 Å². The van der Waals surface area contributed by atoms with Gasteiger partial charge in [-0.25, -0.2) is 0 Å². The molecule has 0 aromatic carbocycles. The van der Waals surface area contributed by atoms with Crippen LogP contribution < -0.4 is 5.32 Å². The van der Waals surface area contributed by atoms with Crippen molar-refractivity contribution in [3.63, 3.8) is 0 Å².